The Morgan fingerprint density at radius 3 is 2.48 bits per heavy atom. The standard InChI is InChI=1S/C31H36F6N6O5/c1-29(2,31(35,36)37)48-17-24(40-28(45)47-16-18-6-4-3-5-7-18)23-15-43-27(39-23)41-25(19-8-10-46-11-9-19)22(42-43)13-20-12-21(30(32,33)34)14-38-26(20)44/h3-7,15,19-21,24H,8-14,16-17H2,1-2H3,(H,38,44)(H,40,45)/t20-,21-,24?/m1/s1. The van der Waals surface area contributed by atoms with E-state index in [0.29, 0.717) is 43.0 Å². The van der Waals surface area contributed by atoms with E-state index in [1.807, 2.05) is 0 Å². The molecule has 1 unspecified atom stereocenters. The first-order valence-electron chi connectivity index (χ1n) is 15.5. The number of benzene rings is 1. The molecule has 2 amide bonds. The summed E-state index contributed by atoms with van der Waals surface area (Å²) in [5, 5.41) is 9.46. The maximum atomic E-state index is 13.6. The summed E-state index contributed by atoms with van der Waals surface area (Å²) in [7, 11) is 0. The minimum Gasteiger partial charge on any atom is -0.445 e. The van der Waals surface area contributed by atoms with Crippen molar-refractivity contribution in [1.82, 2.24) is 30.2 Å². The third kappa shape index (κ3) is 8.53. The second-order valence-corrected chi connectivity index (χ2v) is 12.4. The Morgan fingerprint density at radius 2 is 1.81 bits per heavy atom. The first-order chi connectivity index (χ1) is 22.6. The lowest BCUT2D eigenvalue weighted by Gasteiger charge is -2.31. The molecule has 17 heteroatoms. The van der Waals surface area contributed by atoms with Crippen molar-refractivity contribution in [1.29, 1.82) is 0 Å². The van der Waals surface area contributed by atoms with Crippen LogP contribution in [0.4, 0.5) is 31.1 Å². The zero-order valence-corrected chi connectivity index (χ0v) is 26.2. The smallest absolute Gasteiger partial charge is 0.416 e. The van der Waals surface area contributed by atoms with Crippen LogP contribution in [0.3, 0.4) is 0 Å². The highest BCUT2D eigenvalue weighted by atomic mass is 19.4. The normalized spacial score (nSPS) is 20.4. The largest absolute Gasteiger partial charge is 0.445 e. The van der Waals surface area contributed by atoms with Crippen LogP contribution in [0.15, 0.2) is 36.5 Å². The molecule has 2 saturated heterocycles. The van der Waals surface area contributed by atoms with Crippen molar-refractivity contribution >= 4 is 17.8 Å². The number of hydrogen-bond acceptors (Lipinski definition) is 8. The number of hydrogen-bond donors (Lipinski definition) is 2. The van der Waals surface area contributed by atoms with Crippen molar-refractivity contribution in [3.63, 3.8) is 0 Å². The molecule has 262 valence electrons. The van der Waals surface area contributed by atoms with E-state index in [0.717, 1.165) is 13.8 Å². The number of rotatable bonds is 10. The number of ether oxygens (including phenoxy) is 3. The SMILES string of the molecule is CC(C)(OCC(NC(=O)OCc1ccccc1)c1cn2nc(C[C@H]3C[C@@H](C(F)(F)F)CNC3=O)c(C3CCOCC3)nc2n1)C(F)(F)F. The van der Waals surface area contributed by atoms with E-state index >= 15 is 0 Å². The number of alkyl carbamates (subject to hydrolysis) is 1. The molecule has 48 heavy (non-hydrogen) atoms. The van der Waals surface area contributed by atoms with E-state index in [9.17, 15) is 35.9 Å². The molecule has 0 spiro atoms. The van der Waals surface area contributed by atoms with E-state index in [4.69, 9.17) is 14.2 Å². The van der Waals surface area contributed by atoms with Gasteiger partial charge in [0, 0.05) is 38.0 Å². The van der Waals surface area contributed by atoms with Gasteiger partial charge in [-0.05, 0) is 38.7 Å². The lowest BCUT2D eigenvalue weighted by atomic mass is 9.84. The summed E-state index contributed by atoms with van der Waals surface area (Å²) >= 11 is 0. The first-order valence-corrected chi connectivity index (χ1v) is 15.5. The zero-order chi connectivity index (χ0) is 34.7. The molecule has 2 aliphatic rings. The maximum Gasteiger partial charge on any atom is 0.416 e. The molecular weight excluding hydrogens is 650 g/mol. The number of nitrogens with zero attached hydrogens (tertiary/aromatic N) is 4. The molecule has 4 heterocycles. The minimum atomic E-state index is -4.72. The predicted molar refractivity (Wildman–Crippen MR) is 157 cm³/mol. The number of halogens is 6. The minimum absolute atomic E-state index is 0.0380. The van der Waals surface area contributed by atoms with Gasteiger partial charge in [0.25, 0.3) is 5.78 Å². The van der Waals surface area contributed by atoms with E-state index in [2.05, 4.69) is 25.7 Å². The summed E-state index contributed by atoms with van der Waals surface area (Å²) in [5.41, 5.74) is -1.10. The molecule has 5 rings (SSSR count). The van der Waals surface area contributed by atoms with Crippen LogP contribution in [-0.4, -0.2) is 75.9 Å². The van der Waals surface area contributed by atoms with Gasteiger partial charge in [-0.25, -0.2) is 19.3 Å². The molecular formula is C31H36F6N6O5. The van der Waals surface area contributed by atoms with E-state index in [-0.39, 0.29) is 30.4 Å². The van der Waals surface area contributed by atoms with Crippen molar-refractivity contribution in [2.75, 3.05) is 26.4 Å². The number of carbonyl (C=O) groups excluding carboxylic acids is 2. The van der Waals surface area contributed by atoms with Crippen LogP contribution in [0.25, 0.3) is 5.78 Å². The van der Waals surface area contributed by atoms with Gasteiger partial charge in [-0.3, -0.25) is 4.79 Å². The molecule has 3 aromatic rings. The quantitative estimate of drug-likeness (QED) is 0.279. The lowest BCUT2D eigenvalue weighted by molar-refractivity contribution is -0.265. The third-order valence-corrected chi connectivity index (χ3v) is 8.56. The summed E-state index contributed by atoms with van der Waals surface area (Å²) in [5.74, 6) is -3.40. The fraction of sp³-hybridized carbons (Fsp3) is 0.581. The van der Waals surface area contributed by atoms with Crippen molar-refractivity contribution < 1.29 is 50.1 Å². The molecule has 11 nitrogen and oxygen atoms in total. The summed E-state index contributed by atoms with van der Waals surface area (Å²) in [6.45, 7) is 1.27. The van der Waals surface area contributed by atoms with Gasteiger partial charge in [-0.2, -0.15) is 31.4 Å². The number of fused-ring (bicyclic) bond motifs is 1. The Labute approximate surface area is 271 Å². The average molecular weight is 687 g/mol. The molecule has 0 bridgehead atoms. The molecule has 3 atom stereocenters. The summed E-state index contributed by atoms with van der Waals surface area (Å²) in [6, 6.07) is 7.50. The van der Waals surface area contributed by atoms with Crippen molar-refractivity contribution in [3.05, 3.63) is 59.2 Å². The van der Waals surface area contributed by atoms with Gasteiger partial charge in [-0.15, -0.1) is 0 Å². The Bertz CT molecular complexity index is 1580. The summed E-state index contributed by atoms with van der Waals surface area (Å²) in [4.78, 5) is 34.6. The van der Waals surface area contributed by atoms with E-state index < -0.39 is 67.4 Å². The Kier molecular flexibility index (Phi) is 10.5. The Hall–Kier alpha value is -3.99. The van der Waals surface area contributed by atoms with Crippen molar-refractivity contribution in [2.24, 2.45) is 11.8 Å². The molecule has 2 aliphatic heterocycles. The molecule has 2 aromatic heterocycles. The Balaban J connectivity index is 1.45. The highest BCUT2D eigenvalue weighted by Gasteiger charge is 2.49. The van der Waals surface area contributed by atoms with Crippen LogP contribution >= 0.6 is 0 Å². The zero-order valence-electron chi connectivity index (χ0n) is 26.2. The summed E-state index contributed by atoms with van der Waals surface area (Å²) in [6.07, 6.45) is -8.27. The number of piperidine rings is 1. The maximum absolute atomic E-state index is 13.6. The monoisotopic (exact) mass is 686 g/mol. The van der Waals surface area contributed by atoms with E-state index in [1.54, 1.807) is 30.3 Å². The van der Waals surface area contributed by atoms with Crippen LogP contribution < -0.4 is 10.6 Å². The van der Waals surface area contributed by atoms with Gasteiger partial charge >= 0.3 is 18.4 Å². The number of alkyl halides is 6. The van der Waals surface area contributed by atoms with Crippen LogP contribution in [-0.2, 0) is 32.0 Å². The van der Waals surface area contributed by atoms with E-state index in [1.165, 1.54) is 10.7 Å². The fourth-order valence-electron chi connectivity index (χ4n) is 5.54. The molecule has 0 saturated carbocycles. The third-order valence-electron chi connectivity index (χ3n) is 8.56. The predicted octanol–water partition coefficient (Wildman–Crippen LogP) is 5.20. The second-order valence-electron chi connectivity index (χ2n) is 12.4. The van der Waals surface area contributed by atoms with Crippen LogP contribution in [0.1, 0.15) is 67.7 Å². The van der Waals surface area contributed by atoms with Gasteiger partial charge in [0.1, 0.15) is 6.61 Å². The van der Waals surface area contributed by atoms with Crippen molar-refractivity contribution in [2.45, 2.75) is 76.1 Å². The molecule has 2 fully saturated rings. The van der Waals surface area contributed by atoms with Gasteiger partial charge in [0.15, 0.2) is 5.60 Å². The molecule has 0 radical (unpaired) electrons. The van der Waals surface area contributed by atoms with Gasteiger partial charge in [0.2, 0.25) is 5.91 Å². The highest BCUT2D eigenvalue weighted by Crippen LogP contribution is 2.36. The van der Waals surface area contributed by atoms with Crippen LogP contribution in [0.2, 0.25) is 0 Å². The summed E-state index contributed by atoms with van der Waals surface area (Å²) < 4.78 is 98.7. The number of amides is 2. The Morgan fingerprint density at radius 1 is 1.10 bits per heavy atom. The lowest BCUT2D eigenvalue weighted by Crippen LogP contribution is -2.47. The number of nitrogens with one attached hydrogen (secondary N) is 2. The highest BCUT2D eigenvalue weighted by molar-refractivity contribution is 5.79. The van der Waals surface area contributed by atoms with Crippen LogP contribution in [0, 0.1) is 11.8 Å². The topological polar surface area (TPSA) is 129 Å². The van der Waals surface area contributed by atoms with Gasteiger partial charge in [0.05, 0.1) is 41.8 Å². The number of imidazole rings is 1. The van der Waals surface area contributed by atoms with Gasteiger partial charge < -0.3 is 24.8 Å². The fourth-order valence-corrected chi connectivity index (χ4v) is 5.54. The van der Waals surface area contributed by atoms with Crippen LogP contribution in [0.5, 0.6) is 0 Å². The first kappa shape index (κ1) is 35.3. The molecule has 1 aromatic carbocycles. The number of carbonyl (C=O) groups is 2. The second kappa shape index (κ2) is 14.2. The van der Waals surface area contributed by atoms with Crippen molar-refractivity contribution in [3.8, 4) is 0 Å². The average Bonchev–Trinajstić information content (AvgIpc) is 3.45. The molecule has 2 N–H and O–H groups in total. The number of aromatic nitrogens is 4. The molecule has 0 aliphatic carbocycles. The van der Waals surface area contributed by atoms with Gasteiger partial charge in [-0.1, -0.05) is 30.3 Å².